The van der Waals surface area contributed by atoms with E-state index in [0.29, 0.717) is 0 Å². The van der Waals surface area contributed by atoms with Gasteiger partial charge in [-0.1, -0.05) is 38.1 Å². The maximum atomic E-state index is 2.30. The largest absolute Gasteiger partial charge is 0.0620 e. The van der Waals surface area contributed by atoms with Gasteiger partial charge in [-0.25, -0.2) is 0 Å². The van der Waals surface area contributed by atoms with E-state index in [1.54, 1.807) is 11.1 Å². The standard InChI is InChI=1S/C10H12/c1-7-8(2)10-6-4-3-5-9(7)10/h3-8H,1-2H3/t7-,8+. The number of rotatable bonds is 0. The second-order valence-electron chi connectivity index (χ2n) is 3.21. The lowest BCUT2D eigenvalue weighted by atomic mass is 9.70. The molecule has 0 spiro atoms. The second-order valence-corrected chi connectivity index (χ2v) is 3.21. The molecule has 0 heteroatoms. The molecule has 52 valence electrons. The Bertz CT molecular complexity index is 223. The quantitative estimate of drug-likeness (QED) is 0.509. The maximum Gasteiger partial charge on any atom is -0.0121 e. The zero-order valence-corrected chi connectivity index (χ0v) is 6.46. The predicted octanol–water partition coefficient (Wildman–Crippen LogP) is 2.91. The van der Waals surface area contributed by atoms with Crippen molar-refractivity contribution in [3.05, 3.63) is 35.4 Å². The van der Waals surface area contributed by atoms with Crippen molar-refractivity contribution in [1.82, 2.24) is 0 Å². The van der Waals surface area contributed by atoms with Gasteiger partial charge >= 0.3 is 0 Å². The Kier molecular flexibility index (Phi) is 1.10. The highest BCUT2D eigenvalue weighted by molar-refractivity contribution is 5.43. The van der Waals surface area contributed by atoms with E-state index in [2.05, 4.69) is 38.1 Å². The first kappa shape index (κ1) is 5.96. The van der Waals surface area contributed by atoms with Crippen molar-refractivity contribution in [2.24, 2.45) is 0 Å². The zero-order chi connectivity index (χ0) is 7.14. The van der Waals surface area contributed by atoms with Gasteiger partial charge in [0.1, 0.15) is 0 Å². The molecule has 0 aromatic heterocycles. The number of hydrogen-bond donors (Lipinski definition) is 0. The molecule has 1 aliphatic carbocycles. The summed E-state index contributed by atoms with van der Waals surface area (Å²) in [5.74, 6) is 1.58. The second kappa shape index (κ2) is 1.85. The number of benzene rings is 1. The van der Waals surface area contributed by atoms with Gasteiger partial charge in [0.2, 0.25) is 0 Å². The summed E-state index contributed by atoms with van der Waals surface area (Å²) in [6, 6.07) is 8.72. The molecule has 0 amide bonds. The fourth-order valence-electron chi connectivity index (χ4n) is 1.78. The van der Waals surface area contributed by atoms with Crippen LogP contribution in [0.5, 0.6) is 0 Å². The van der Waals surface area contributed by atoms with Crippen LogP contribution >= 0.6 is 0 Å². The van der Waals surface area contributed by atoms with E-state index < -0.39 is 0 Å². The van der Waals surface area contributed by atoms with Crippen molar-refractivity contribution < 1.29 is 0 Å². The van der Waals surface area contributed by atoms with Gasteiger partial charge in [-0.2, -0.15) is 0 Å². The Hall–Kier alpha value is -0.780. The molecule has 0 radical (unpaired) electrons. The topological polar surface area (TPSA) is 0 Å². The summed E-state index contributed by atoms with van der Waals surface area (Å²) < 4.78 is 0. The first-order valence-corrected chi connectivity index (χ1v) is 3.89. The van der Waals surface area contributed by atoms with E-state index in [4.69, 9.17) is 0 Å². The summed E-state index contributed by atoms with van der Waals surface area (Å²) in [6.07, 6.45) is 0. The van der Waals surface area contributed by atoms with E-state index in [0.717, 1.165) is 11.8 Å². The molecule has 2 atom stereocenters. The van der Waals surface area contributed by atoms with Crippen LogP contribution in [0.4, 0.5) is 0 Å². The Morgan fingerprint density at radius 1 is 0.900 bits per heavy atom. The van der Waals surface area contributed by atoms with Crippen LogP contribution in [0.1, 0.15) is 36.8 Å². The molecule has 0 unspecified atom stereocenters. The first-order valence-electron chi connectivity index (χ1n) is 3.89. The van der Waals surface area contributed by atoms with E-state index in [1.165, 1.54) is 0 Å². The summed E-state index contributed by atoms with van der Waals surface area (Å²) in [5.41, 5.74) is 3.10. The molecule has 0 fully saturated rings. The number of fused-ring (bicyclic) bond motifs is 1. The Morgan fingerprint density at radius 3 is 1.70 bits per heavy atom. The molecular weight excluding hydrogens is 120 g/mol. The molecule has 0 N–H and O–H groups in total. The van der Waals surface area contributed by atoms with Crippen molar-refractivity contribution in [2.45, 2.75) is 25.7 Å². The average molecular weight is 132 g/mol. The molecule has 1 aromatic rings. The molecule has 0 aliphatic heterocycles. The molecular formula is C10H12. The summed E-state index contributed by atoms with van der Waals surface area (Å²) in [4.78, 5) is 0. The van der Waals surface area contributed by atoms with Gasteiger partial charge in [0, 0.05) is 0 Å². The molecule has 0 saturated carbocycles. The smallest absolute Gasteiger partial charge is 0.0121 e. The molecule has 0 saturated heterocycles. The Morgan fingerprint density at radius 2 is 1.30 bits per heavy atom. The van der Waals surface area contributed by atoms with Crippen molar-refractivity contribution >= 4 is 0 Å². The van der Waals surface area contributed by atoms with Gasteiger partial charge in [0.25, 0.3) is 0 Å². The van der Waals surface area contributed by atoms with E-state index in [9.17, 15) is 0 Å². The van der Waals surface area contributed by atoms with Gasteiger partial charge in [-0.15, -0.1) is 0 Å². The van der Waals surface area contributed by atoms with Gasteiger partial charge in [-0.05, 0) is 23.0 Å². The zero-order valence-electron chi connectivity index (χ0n) is 6.46. The third-order valence-electron chi connectivity index (χ3n) is 2.73. The van der Waals surface area contributed by atoms with Crippen LogP contribution in [-0.4, -0.2) is 0 Å². The molecule has 0 heterocycles. The maximum absolute atomic E-state index is 2.30. The molecule has 1 aliphatic rings. The lowest BCUT2D eigenvalue weighted by molar-refractivity contribution is 0.542. The van der Waals surface area contributed by atoms with Crippen LogP contribution in [-0.2, 0) is 0 Å². The van der Waals surface area contributed by atoms with Crippen LogP contribution in [0.2, 0.25) is 0 Å². The van der Waals surface area contributed by atoms with Gasteiger partial charge in [-0.3, -0.25) is 0 Å². The van der Waals surface area contributed by atoms with Gasteiger partial charge in [0.05, 0.1) is 0 Å². The van der Waals surface area contributed by atoms with Crippen molar-refractivity contribution in [2.75, 3.05) is 0 Å². The molecule has 10 heavy (non-hydrogen) atoms. The third kappa shape index (κ3) is 0.566. The average Bonchev–Trinajstić information content (AvgIpc) is 2.03. The van der Waals surface area contributed by atoms with Crippen LogP contribution in [0.15, 0.2) is 24.3 Å². The normalized spacial score (nSPS) is 29.0. The number of hydrogen-bond acceptors (Lipinski definition) is 0. The SMILES string of the molecule is C[C@@H]1c2ccccc2[C@@H]1C. The van der Waals surface area contributed by atoms with Crippen molar-refractivity contribution in [3.63, 3.8) is 0 Å². The lowest BCUT2D eigenvalue weighted by Crippen LogP contribution is -2.18. The molecule has 0 bridgehead atoms. The Balaban J connectivity index is 2.50. The molecule has 1 aromatic carbocycles. The Labute approximate surface area is 61.9 Å². The van der Waals surface area contributed by atoms with Crippen LogP contribution in [0, 0.1) is 0 Å². The summed E-state index contributed by atoms with van der Waals surface area (Å²) in [6.45, 7) is 4.60. The van der Waals surface area contributed by atoms with Gasteiger partial charge < -0.3 is 0 Å². The van der Waals surface area contributed by atoms with Crippen LogP contribution < -0.4 is 0 Å². The monoisotopic (exact) mass is 132 g/mol. The van der Waals surface area contributed by atoms with E-state index >= 15 is 0 Å². The molecule has 0 nitrogen and oxygen atoms in total. The van der Waals surface area contributed by atoms with Crippen LogP contribution in [0.3, 0.4) is 0 Å². The minimum Gasteiger partial charge on any atom is -0.0620 e. The summed E-state index contributed by atoms with van der Waals surface area (Å²) in [5, 5.41) is 0. The first-order chi connectivity index (χ1) is 4.80. The highest BCUT2D eigenvalue weighted by atomic mass is 14.3. The highest BCUT2D eigenvalue weighted by Gasteiger charge is 2.29. The lowest BCUT2D eigenvalue weighted by Gasteiger charge is -2.34. The molecule has 2 rings (SSSR count). The fourth-order valence-corrected chi connectivity index (χ4v) is 1.78. The minimum atomic E-state index is 0.788. The predicted molar refractivity (Wildman–Crippen MR) is 43.3 cm³/mol. The fraction of sp³-hybridized carbons (Fsp3) is 0.400. The summed E-state index contributed by atoms with van der Waals surface area (Å²) in [7, 11) is 0. The highest BCUT2D eigenvalue weighted by Crippen LogP contribution is 2.45. The van der Waals surface area contributed by atoms with Crippen molar-refractivity contribution in [1.29, 1.82) is 0 Å². The van der Waals surface area contributed by atoms with E-state index in [-0.39, 0.29) is 0 Å². The minimum absolute atomic E-state index is 0.788. The van der Waals surface area contributed by atoms with Crippen molar-refractivity contribution in [3.8, 4) is 0 Å². The summed E-state index contributed by atoms with van der Waals surface area (Å²) >= 11 is 0. The van der Waals surface area contributed by atoms with Crippen LogP contribution in [0.25, 0.3) is 0 Å². The van der Waals surface area contributed by atoms with E-state index in [1.807, 2.05) is 0 Å². The van der Waals surface area contributed by atoms with Gasteiger partial charge in [0.15, 0.2) is 0 Å². The third-order valence-corrected chi connectivity index (χ3v) is 2.73.